The summed E-state index contributed by atoms with van der Waals surface area (Å²) in [6, 6.07) is 2.05. The average Bonchev–Trinajstić information content (AvgIpc) is 1.88. The van der Waals surface area contributed by atoms with E-state index >= 15 is 0 Å². The molecule has 3 heteroatoms. The highest BCUT2D eigenvalue weighted by Gasteiger charge is 1.95. The lowest BCUT2D eigenvalue weighted by atomic mass is 10.2. The van der Waals surface area contributed by atoms with Crippen molar-refractivity contribution in [3.8, 4) is 0 Å². The van der Waals surface area contributed by atoms with Crippen molar-refractivity contribution in [3.63, 3.8) is 0 Å². The first-order valence-corrected chi connectivity index (χ1v) is 4.12. The van der Waals surface area contributed by atoms with E-state index in [-0.39, 0.29) is 0 Å². The zero-order chi connectivity index (χ0) is 7.56. The summed E-state index contributed by atoms with van der Waals surface area (Å²) in [4.78, 5) is 4.13. The van der Waals surface area contributed by atoms with Crippen molar-refractivity contribution >= 4 is 28.3 Å². The molecule has 0 aliphatic carbocycles. The first-order chi connectivity index (χ1) is 4.74. The topological polar surface area (TPSA) is 24.9 Å². The second kappa shape index (κ2) is 3.18. The van der Waals surface area contributed by atoms with E-state index in [9.17, 15) is 0 Å². The van der Waals surface area contributed by atoms with Gasteiger partial charge in [0, 0.05) is 7.05 Å². The SMILES string of the molecule is CNc1cnc(I)cc1C. The highest BCUT2D eigenvalue weighted by atomic mass is 127. The summed E-state index contributed by atoms with van der Waals surface area (Å²) in [6.45, 7) is 2.07. The molecule has 0 aliphatic rings. The van der Waals surface area contributed by atoms with Gasteiger partial charge in [-0.15, -0.1) is 0 Å². The lowest BCUT2D eigenvalue weighted by Crippen LogP contribution is -1.93. The molecule has 0 fully saturated rings. The first-order valence-electron chi connectivity index (χ1n) is 3.04. The summed E-state index contributed by atoms with van der Waals surface area (Å²) in [5.41, 5.74) is 2.34. The monoisotopic (exact) mass is 248 g/mol. The maximum Gasteiger partial charge on any atom is 0.101 e. The molecule has 0 bridgehead atoms. The van der Waals surface area contributed by atoms with Crippen molar-refractivity contribution in [1.29, 1.82) is 0 Å². The summed E-state index contributed by atoms with van der Waals surface area (Å²) in [5, 5.41) is 3.06. The zero-order valence-electron chi connectivity index (χ0n) is 5.98. The van der Waals surface area contributed by atoms with E-state index < -0.39 is 0 Å². The fourth-order valence-corrected chi connectivity index (χ4v) is 1.39. The number of halogens is 1. The molecule has 1 heterocycles. The Balaban J connectivity index is 3.07. The molecule has 0 radical (unpaired) electrons. The van der Waals surface area contributed by atoms with Gasteiger partial charge in [0.05, 0.1) is 11.9 Å². The van der Waals surface area contributed by atoms with Crippen molar-refractivity contribution in [2.24, 2.45) is 0 Å². The summed E-state index contributed by atoms with van der Waals surface area (Å²) in [6.07, 6.45) is 1.84. The fraction of sp³-hybridized carbons (Fsp3) is 0.286. The molecule has 0 aliphatic heterocycles. The molecule has 0 amide bonds. The molecule has 54 valence electrons. The van der Waals surface area contributed by atoms with Gasteiger partial charge < -0.3 is 5.32 Å². The van der Waals surface area contributed by atoms with Gasteiger partial charge in [-0.2, -0.15) is 0 Å². The number of hydrogen-bond acceptors (Lipinski definition) is 2. The molecular formula is C7H9IN2. The van der Waals surface area contributed by atoms with Gasteiger partial charge >= 0.3 is 0 Å². The third kappa shape index (κ3) is 1.59. The van der Waals surface area contributed by atoms with Gasteiger partial charge in [0.25, 0.3) is 0 Å². The Morgan fingerprint density at radius 1 is 1.60 bits per heavy atom. The van der Waals surface area contributed by atoms with Crippen LogP contribution in [0.15, 0.2) is 12.3 Å². The van der Waals surface area contributed by atoms with Crippen LogP contribution in [-0.2, 0) is 0 Å². The third-order valence-electron chi connectivity index (χ3n) is 1.35. The Hall–Kier alpha value is -0.320. The number of hydrogen-bond donors (Lipinski definition) is 1. The molecule has 2 nitrogen and oxygen atoms in total. The summed E-state index contributed by atoms with van der Waals surface area (Å²) in [5.74, 6) is 0. The minimum Gasteiger partial charge on any atom is -0.387 e. The van der Waals surface area contributed by atoms with Crippen molar-refractivity contribution < 1.29 is 0 Å². The molecule has 0 spiro atoms. The van der Waals surface area contributed by atoms with Gasteiger partial charge in [0.2, 0.25) is 0 Å². The molecule has 1 rings (SSSR count). The van der Waals surface area contributed by atoms with Crippen LogP contribution in [0.3, 0.4) is 0 Å². The predicted molar refractivity (Wildman–Crippen MR) is 51.2 cm³/mol. The smallest absolute Gasteiger partial charge is 0.101 e. The minimum absolute atomic E-state index is 1.04. The molecule has 10 heavy (non-hydrogen) atoms. The second-order valence-corrected chi connectivity index (χ2v) is 3.18. The van der Waals surface area contributed by atoms with Crippen LogP contribution in [0.4, 0.5) is 5.69 Å². The minimum atomic E-state index is 1.04. The van der Waals surface area contributed by atoms with E-state index in [1.807, 2.05) is 19.3 Å². The molecule has 0 unspecified atom stereocenters. The van der Waals surface area contributed by atoms with Gasteiger partial charge in [0.1, 0.15) is 3.70 Å². The van der Waals surface area contributed by atoms with Gasteiger partial charge in [-0.05, 0) is 41.1 Å². The largest absolute Gasteiger partial charge is 0.387 e. The van der Waals surface area contributed by atoms with Crippen molar-refractivity contribution in [2.45, 2.75) is 6.92 Å². The van der Waals surface area contributed by atoms with Crippen LogP contribution in [0.5, 0.6) is 0 Å². The maximum atomic E-state index is 4.13. The lowest BCUT2D eigenvalue weighted by Gasteiger charge is -2.02. The summed E-state index contributed by atoms with van der Waals surface area (Å²) in [7, 11) is 1.90. The van der Waals surface area contributed by atoms with Crippen LogP contribution in [0, 0.1) is 10.6 Å². The van der Waals surface area contributed by atoms with Crippen LogP contribution in [-0.4, -0.2) is 12.0 Å². The number of nitrogens with zero attached hydrogens (tertiary/aromatic N) is 1. The third-order valence-corrected chi connectivity index (χ3v) is 1.94. The van der Waals surface area contributed by atoms with Gasteiger partial charge in [-0.3, -0.25) is 0 Å². The Morgan fingerprint density at radius 2 is 2.30 bits per heavy atom. The van der Waals surface area contributed by atoms with Crippen LogP contribution in [0.1, 0.15) is 5.56 Å². The Bertz CT molecular complexity index is 235. The van der Waals surface area contributed by atoms with E-state index in [2.05, 4.69) is 39.8 Å². The Labute approximate surface area is 74.2 Å². The van der Waals surface area contributed by atoms with Crippen LogP contribution in [0.25, 0.3) is 0 Å². The van der Waals surface area contributed by atoms with Gasteiger partial charge in [-0.25, -0.2) is 4.98 Å². The number of pyridine rings is 1. The van der Waals surface area contributed by atoms with Gasteiger partial charge in [-0.1, -0.05) is 0 Å². The number of aryl methyl sites for hydroxylation is 1. The highest BCUT2D eigenvalue weighted by Crippen LogP contribution is 2.13. The molecule has 0 atom stereocenters. The summed E-state index contributed by atoms with van der Waals surface area (Å²) >= 11 is 2.20. The Kier molecular flexibility index (Phi) is 2.48. The normalized spacial score (nSPS) is 9.50. The van der Waals surface area contributed by atoms with Gasteiger partial charge in [0.15, 0.2) is 0 Å². The fourth-order valence-electron chi connectivity index (χ4n) is 0.783. The molecule has 1 aromatic rings. The molecule has 0 aromatic carbocycles. The van der Waals surface area contributed by atoms with Crippen LogP contribution in [0.2, 0.25) is 0 Å². The second-order valence-electron chi connectivity index (χ2n) is 2.07. The number of rotatable bonds is 1. The maximum absolute atomic E-state index is 4.13. The van der Waals surface area contributed by atoms with E-state index in [0.717, 1.165) is 9.39 Å². The van der Waals surface area contributed by atoms with Crippen LogP contribution < -0.4 is 5.32 Å². The molecular weight excluding hydrogens is 239 g/mol. The number of anilines is 1. The van der Waals surface area contributed by atoms with E-state index in [4.69, 9.17) is 0 Å². The lowest BCUT2D eigenvalue weighted by molar-refractivity contribution is 1.23. The van der Waals surface area contributed by atoms with E-state index in [1.165, 1.54) is 5.56 Å². The number of nitrogens with one attached hydrogen (secondary N) is 1. The summed E-state index contributed by atoms with van der Waals surface area (Å²) < 4.78 is 1.04. The molecule has 0 saturated heterocycles. The average molecular weight is 248 g/mol. The van der Waals surface area contributed by atoms with Crippen molar-refractivity contribution in [3.05, 3.63) is 21.5 Å². The standard InChI is InChI=1S/C7H9IN2/c1-5-3-7(8)10-4-6(5)9-2/h3-4,9H,1-2H3. The van der Waals surface area contributed by atoms with Crippen LogP contribution >= 0.6 is 22.6 Å². The molecule has 1 aromatic heterocycles. The van der Waals surface area contributed by atoms with E-state index in [0.29, 0.717) is 0 Å². The van der Waals surface area contributed by atoms with Crippen molar-refractivity contribution in [1.82, 2.24) is 4.98 Å². The number of aromatic nitrogens is 1. The highest BCUT2D eigenvalue weighted by molar-refractivity contribution is 14.1. The predicted octanol–water partition coefficient (Wildman–Crippen LogP) is 2.04. The quantitative estimate of drug-likeness (QED) is 0.607. The molecule has 1 N–H and O–H groups in total. The Morgan fingerprint density at radius 3 is 2.80 bits per heavy atom. The zero-order valence-corrected chi connectivity index (χ0v) is 8.14. The first kappa shape index (κ1) is 7.78. The van der Waals surface area contributed by atoms with Crippen molar-refractivity contribution in [2.75, 3.05) is 12.4 Å². The van der Waals surface area contributed by atoms with E-state index in [1.54, 1.807) is 0 Å². The molecule has 0 saturated carbocycles.